The molecule has 0 amide bonds. The van der Waals surface area contributed by atoms with E-state index in [-0.39, 0.29) is 11.8 Å². The average molecular weight is 399 g/mol. The van der Waals surface area contributed by atoms with Crippen molar-refractivity contribution in [1.82, 2.24) is 30.5 Å². The van der Waals surface area contributed by atoms with Crippen molar-refractivity contribution in [3.05, 3.63) is 23.4 Å². The molecule has 0 aromatic carbocycles. The van der Waals surface area contributed by atoms with Crippen LogP contribution >= 0.6 is 34.9 Å². The second-order valence-electron chi connectivity index (χ2n) is 5.81. The van der Waals surface area contributed by atoms with Crippen molar-refractivity contribution in [2.75, 3.05) is 0 Å². The molecule has 134 valence electrons. The summed E-state index contributed by atoms with van der Waals surface area (Å²) in [4.78, 5) is 8.70. The minimum absolute atomic E-state index is 0.257. The van der Waals surface area contributed by atoms with E-state index in [1.165, 1.54) is 34.9 Å². The first-order chi connectivity index (χ1) is 12.0. The average Bonchev–Trinajstić information content (AvgIpc) is 3.30. The lowest BCUT2D eigenvalue weighted by Crippen LogP contribution is -1.90. The molecular formula is C14H18N6O2S3. The van der Waals surface area contributed by atoms with Gasteiger partial charge in [-0.2, -0.15) is 9.97 Å². The lowest BCUT2D eigenvalue weighted by Gasteiger charge is -1.93. The van der Waals surface area contributed by atoms with Crippen LogP contribution in [0.25, 0.3) is 0 Å². The topological polar surface area (TPSA) is 104 Å². The van der Waals surface area contributed by atoms with Gasteiger partial charge in [0.05, 0.1) is 11.5 Å². The van der Waals surface area contributed by atoms with E-state index in [0.717, 1.165) is 20.3 Å². The minimum Gasteiger partial charge on any atom is -0.338 e. The van der Waals surface area contributed by atoms with Gasteiger partial charge in [0, 0.05) is 11.8 Å². The zero-order valence-electron chi connectivity index (χ0n) is 14.3. The molecule has 0 atom stereocenters. The number of rotatable bonds is 8. The van der Waals surface area contributed by atoms with Gasteiger partial charge in [0.25, 0.3) is 0 Å². The van der Waals surface area contributed by atoms with Crippen LogP contribution in [0.2, 0.25) is 0 Å². The normalized spacial score (nSPS) is 11.8. The molecule has 0 saturated carbocycles. The predicted molar refractivity (Wildman–Crippen MR) is 95.8 cm³/mol. The first-order valence-electron chi connectivity index (χ1n) is 7.75. The molecule has 3 aromatic heterocycles. The van der Waals surface area contributed by atoms with Gasteiger partial charge in [-0.15, -0.1) is 10.2 Å². The van der Waals surface area contributed by atoms with E-state index < -0.39 is 0 Å². The predicted octanol–water partition coefficient (Wildman–Crippen LogP) is 4.14. The number of nitrogens with zero attached hydrogens (tertiary/aromatic N) is 6. The maximum absolute atomic E-state index is 5.22. The Morgan fingerprint density at radius 1 is 0.800 bits per heavy atom. The van der Waals surface area contributed by atoms with Crippen molar-refractivity contribution in [2.45, 2.75) is 59.7 Å². The van der Waals surface area contributed by atoms with Crippen molar-refractivity contribution in [1.29, 1.82) is 0 Å². The van der Waals surface area contributed by atoms with Gasteiger partial charge in [-0.25, -0.2) is 0 Å². The summed E-state index contributed by atoms with van der Waals surface area (Å²) in [5.74, 6) is 4.34. The Kier molecular flexibility index (Phi) is 6.07. The Morgan fingerprint density at radius 2 is 1.24 bits per heavy atom. The summed E-state index contributed by atoms with van der Waals surface area (Å²) in [7, 11) is 0. The van der Waals surface area contributed by atoms with E-state index in [1.54, 1.807) is 0 Å². The zero-order chi connectivity index (χ0) is 17.8. The van der Waals surface area contributed by atoms with Crippen molar-refractivity contribution in [3.8, 4) is 0 Å². The molecule has 0 aliphatic carbocycles. The first-order valence-corrected chi connectivity index (χ1v) is 10.5. The van der Waals surface area contributed by atoms with Crippen LogP contribution in [-0.2, 0) is 11.5 Å². The summed E-state index contributed by atoms with van der Waals surface area (Å²) in [5, 5.41) is 16.2. The Labute approximate surface area is 157 Å². The van der Waals surface area contributed by atoms with E-state index in [9.17, 15) is 0 Å². The smallest absolute Gasteiger partial charge is 0.237 e. The highest BCUT2D eigenvalue weighted by Crippen LogP contribution is 2.32. The van der Waals surface area contributed by atoms with Crippen LogP contribution in [0.5, 0.6) is 0 Å². The van der Waals surface area contributed by atoms with Crippen molar-refractivity contribution in [3.63, 3.8) is 0 Å². The number of thioether (sulfide) groups is 2. The lowest BCUT2D eigenvalue weighted by molar-refractivity contribution is 0.382. The molecule has 0 N–H and O–H groups in total. The van der Waals surface area contributed by atoms with Crippen molar-refractivity contribution < 1.29 is 9.05 Å². The molecule has 3 aromatic rings. The molecule has 0 bridgehead atoms. The number of hydrogen-bond acceptors (Lipinski definition) is 11. The molecule has 25 heavy (non-hydrogen) atoms. The minimum atomic E-state index is 0.257. The standard InChI is InChI=1S/C14H18N6O2S3/c1-7(2)11-15-9(21-19-11)5-23-13-17-18-14(25-13)24-6-10-16-12(8(3)4)20-22-10/h7-8H,5-6H2,1-4H3. The van der Waals surface area contributed by atoms with Gasteiger partial charge in [-0.05, 0) is 0 Å². The number of hydrogen-bond donors (Lipinski definition) is 0. The summed E-state index contributed by atoms with van der Waals surface area (Å²) >= 11 is 4.59. The molecular weight excluding hydrogens is 380 g/mol. The first kappa shape index (κ1) is 18.3. The Morgan fingerprint density at radius 3 is 1.60 bits per heavy atom. The largest absolute Gasteiger partial charge is 0.338 e. The second-order valence-corrected chi connectivity index (χ2v) is 9.24. The fraction of sp³-hybridized carbons (Fsp3) is 0.571. The molecule has 3 rings (SSSR count). The van der Waals surface area contributed by atoms with E-state index in [4.69, 9.17) is 9.05 Å². The second kappa shape index (κ2) is 8.28. The summed E-state index contributed by atoms with van der Waals surface area (Å²) in [6.45, 7) is 8.13. The van der Waals surface area contributed by atoms with Gasteiger partial charge in [-0.1, -0.05) is 72.9 Å². The quantitative estimate of drug-likeness (QED) is 0.514. The van der Waals surface area contributed by atoms with Crippen LogP contribution in [0.3, 0.4) is 0 Å². The molecule has 0 aliphatic rings. The Bertz CT molecular complexity index is 748. The van der Waals surface area contributed by atoms with Crippen LogP contribution < -0.4 is 0 Å². The Balaban J connectivity index is 1.49. The fourth-order valence-electron chi connectivity index (χ4n) is 1.68. The summed E-state index contributed by atoms with van der Waals surface area (Å²) in [5.41, 5.74) is 0. The van der Waals surface area contributed by atoms with Gasteiger partial charge >= 0.3 is 0 Å². The van der Waals surface area contributed by atoms with Crippen LogP contribution in [0, 0.1) is 0 Å². The van der Waals surface area contributed by atoms with E-state index in [1.807, 2.05) is 27.7 Å². The molecule has 0 fully saturated rings. The molecule has 0 radical (unpaired) electrons. The van der Waals surface area contributed by atoms with Crippen LogP contribution in [0.4, 0.5) is 0 Å². The van der Waals surface area contributed by atoms with Crippen LogP contribution in [0.1, 0.15) is 63.0 Å². The van der Waals surface area contributed by atoms with E-state index in [0.29, 0.717) is 23.3 Å². The summed E-state index contributed by atoms with van der Waals surface area (Å²) in [6, 6.07) is 0. The lowest BCUT2D eigenvalue weighted by atomic mass is 10.2. The van der Waals surface area contributed by atoms with Gasteiger partial charge in [0.2, 0.25) is 11.8 Å². The third-order valence-electron chi connectivity index (χ3n) is 3.03. The van der Waals surface area contributed by atoms with Gasteiger partial charge < -0.3 is 9.05 Å². The molecule has 8 nitrogen and oxygen atoms in total. The highest BCUT2D eigenvalue weighted by atomic mass is 32.2. The van der Waals surface area contributed by atoms with E-state index >= 15 is 0 Å². The summed E-state index contributed by atoms with van der Waals surface area (Å²) in [6.07, 6.45) is 0. The fourth-order valence-corrected chi connectivity index (χ4v) is 4.38. The molecule has 0 spiro atoms. The van der Waals surface area contributed by atoms with Crippen LogP contribution in [0.15, 0.2) is 17.7 Å². The van der Waals surface area contributed by atoms with Gasteiger partial charge in [0.15, 0.2) is 20.3 Å². The number of aromatic nitrogens is 6. The third-order valence-corrected chi connectivity index (χ3v) is 6.19. The van der Waals surface area contributed by atoms with E-state index in [2.05, 4.69) is 30.5 Å². The molecule has 0 aliphatic heterocycles. The van der Waals surface area contributed by atoms with Crippen molar-refractivity contribution in [2.24, 2.45) is 0 Å². The maximum atomic E-state index is 5.22. The zero-order valence-corrected chi connectivity index (χ0v) is 16.7. The SMILES string of the molecule is CC(C)c1noc(CSc2nnc(SCc3nc(C(C)C)no3)s2)n1. The van der Waals surface area contributed by atoms with Gasteiger partial charge in [0.1, 0.15) is 0 Å². The Hall–Kier alpha value is -1.46. The highest BCUT2D eigenvalue weighted by molar-refractivity contribution is 8.02. The molecule has 0 unspecified atom stereocenters. The monoisotopic (exact) mass is 398 g/mol. The molecule has 0 saturated heterocycles. The molecule has 3 heterocycles. The van der Waals surface area contributed by atoms with Crippen molar-refractivity contribution >= 4 is 34.9 Å². The van der Waals surface area contributed by atoms with Gasteiger partial charge in [-0.3, -0.25) is 0 Å². The maximum Gasteiger partial charge on any atom is 0.237 e. The summed E-state index contributed by atoms with van der Waals surface area (Å²) < 4.78 is 12.2. The van der Waals surface area contributed by atoms with Crippen LogP contribution in [-0.4, -0.2) is 30.5 Å². The third kappa shape index (κ3) is 5.02. The highest BCUT2D eigenvalue weighted by Gasteiger charge is 2.14. The molecule has 11 heteroatoms.